The maximum atomic E-state index is 5.87. The summed E-state index contributed by atoms with van der Waals surface area (Å²) in [6, 6.07) is 0. The summed E-state index contributed by atoms with van der Waals surface area (Å²) in [7, 11) is 1.78. The second kappa shape index (κ2) is 3.85. The van der Waals surface area contributed by atoms with E-state index in [9.17, 15) is 0 Å². The van der Waals surface area contributed by atoms with Gasteiger partial charge < -0.3 is 0 Å². The zero-order chi connectivity index (χ0) is 10.1. The molecule has 0 spiro atoms. The second-order valence-corrected chi connectivity index (χ2v) is 4.22. The smallest absolute Gasteiger partial charge is 0.141 e. The molecule has 2 rings (SSSR count). The molecule has 0 aromatic carbocycles. The standard InChI is InChI=1S/C7H7ClIN5/c1-13-10-2-5(11-13)3-14-4-6(8)7(9)12-14/h2,4H,3H2,1H3. The van der Waals surface area contributed by atoms with E-state index in [2.05, 4.69) is 37.9 Å². The lowest BCUT2D eigenvalue weighted by atomic mass is 10.5. The van der Waals surface area contributed by atoms with Gasteiger partial charge in [-0.2, -0.15) is 20.1 Å². The van der Waals surface area contributed by atoms with Crippen LogP contribution in [0.25, 0.3) is 0 Å². The molecule has 0 N–H and O–H groups in total. The minimum Gasteiger partial charge on any atom is -0.264 e. The average molecular weight is 324 g/mol. The van der Waals surface area contributed by atoms with E-state index in [0.29, 0.717) is 11.6 Å². The topological polar surface area (TPSA) is 48.5 Å². The van der Waals surface area contributed by atoms with Gasteiger partial charge in [-0.25, -0.2) is 0 Å². The van der Waals surface area contributed by atoms with Gasteiger partial charge in [-0.15, -0.1) is 0 Å². The zero-order valence-electron chi connectivity index (χ0n) is 7.35. The van der Waals surface area contributed by atoms with Crippen molar-refractivity contribution in [3.05, 3.63) is 26.8 Å². The number of rotatable bonds is 2. The van der Waals surface area contributed by atoms with Crippen LogP contribution in [-0.2, 0) is 13.6 Å². The van der Waals surface area contributed by atoms with Crippen LogP contribution in [0.1, 0.15) is 5.69 Å². The fourth-order valence-electron chi connectivity index (χ4n) is 1.08. The Balaban J connectivity index is 2.18. The van der Waals surface area contributed by atoms with E-state index >= 15 is 0 Å². The number of halogens is 2. The molecule has 0 saturated heterocycles. The Labute approximate surface area is 99.2 Å². The molecule has 7 heteroatoms. The van der Waals surface area contributed by atoms with E-state index in [4.69, 9.17) is 11.6 Å². The molecule has 0 aliphatic rings. The van der Waals surface area contributed by atoms with Crippen LogP contribution in [0.4, 0.5) is 0 Å². The molecule has 0 unspecified atom stereocenters. The van der Waals surface area contributed by atoms with Crippen LogP contribution in [0.2, 0.25) is 5.02 Å². The van der Waals surface area contributed by atoms with E-state index in [-0.39, 0.29) is 0 Å². The molecule has 2 heterocycles. The van der Waals surface area contributed by atoms with E-state index < -0.39 is 0 Å². The fraction of sp³-hybridized carbons (Fsp3) is 0.286. The number of aryl methyl sites for hydroxylation is 1. The predicted octanol–water partition coefficient (Wildman–Crippen LogP) is 1.32. The van der Waals surface area contributed by atoms with Gasteiger partial charge in [-0.3, -0.25) is 4.68 Å². The zero-order valence-corrected chi connectivity index (χ0v) is 10.3. The molecule has 0 fully saturated rings. The molecular weight excluding hydrogens is 316 g/mol. The molecular formula is C7H7ClIN5. The second-order valence-electron chi connectivity index (χ2n) is 2.79. The Hall–Kier alpha value is -0.630. The molecule has 0 bridgehead atoms. The first kappa shape index (κ1) is 9.91. The third-order valence-electron chi connectivity index (χ3n) is 1.65. The molecule has 14 heavy (non-hydrogen) atoms. The van der Waals surface area contributed by atoms with Gasteiger partial charge in [0.15, 0.2) is 0 Å². The summed E-state index contributed by atoms with van der Waals surface area (Å²) in [4.78, 5) is 1.52. The van der Waals surface area contributed by atoms with Crippen molar-refractivity contribution < 1.29 is 0 Å². The number of nitrogens with zero attached hydrogens (tertiary/aromatic N) is 5. The van der Waals surface area contributed by atoms with Crippen molar-refractivity contribution in [1.29, 1.82) is 0 Å². The molecule has 0 aliphatic heterocycles. The van der Waals surface area contributed by atoms with Gasteiger partial charge in [0.25, 0.3) is 0 Å². The van der Waals surface area contributed by atoms with Gasteiger partial charge in [0.2, 0.25) is 0 Å². The van der Waals surface area contributed by atoms with Crippen LogP contribution >= 0.6 is 34.2 Å². The third-order valence-corrected chi connectivity index (χ3v) is 3.04. The molecule has 0 aliphatic carbocycles. The molecule has 0 atom stereocenters. The SMILES string of the molecule is Cn1ncc(Cn2cc(Cl)c(I)n2)n1. The lowest BCUT2D eigenvalue weighted by molar-refractivity contribution is 0.618. The van der Waals surface area contributed by atoms with Gasteiger partial charge >= 0.3 is 0 Å². The minimum absolute atomic E-state index is 0.594. The quantitative estimate of drug-likeness (QED) is 0.783. The highest BCUT2D eigenvalue weighted by Crippen LogP contribution is 2.15. The van der Waals surface area contributed by atoms with E-state index in [1.165, 1.54) is 4.80 Å². The van der Waals surface area contributed by atoms with Crippen molar-refractivity contribution in [2.45, 2.75) is 6.54 Å². The number of hydrogen-bond acceptors (Lipinski definition) is 3. The van der Waals surface area contributed by atoms with Crippen LogP contribution in [0.5, 0.6) is 0 Å². The molecule has 0 radical (unpaired) electrons. The normalized spacial score (nSPS) is 10.8. The lowest BCUT2D eigenvalue weighted by Crippen LogP contribution is -2.02. The van der Waals surface area contributed by atoms with E-state index in [1.807, 2.05) is 0 Å². The van der Waals surface area contributed by atoms with E-state index in [0.717, 1.165) is 9.39 Å². The minimum atomic E-state index is 0.594. The summed E-state index contributed by atoms with van der Waals surface area (Å²) in [6.07, 6.45) is 3.49. The first-order valence-electron chi connectivity index (χ1n) is 3.89. The fourth-order valence-corrected chi connectivity index (χ4v) is 1.65. The predicted molar refractivity (Wildman–Crippen MR) is 60.1 cm³/mol. The molecule has 74 valence electrons. The summed E-state index contributed by atoms with van der Waals surface area (Å²) >= 11 is 7.96. The molecule has 2 aromatic rings. The number of hydrogen-bond donors (Lipinski definition) is 0. The van der Waals surface area contributed by atoms with Crippen molar-refractivity contribution in [3.8, 4) is 0 Å². The first-order chi connectivity index (χ1) is 6.65. The lowest BCUT2D eigenvalue weighted by Gasteiger charge is -1.94. The van der Waals surface area contributed by atoms with Crippen LogP contribution in [0.3, 0.4) is 0 Å². The number of aromatic nitrogens is 5. The third kappa shape index (κ3) is 2.06. The van der Waals surface area contributed by atoms with Crippen LogP contribution in [0, 0.1) is 3.70 Å². The van der Waals surface area contributed by atoms with Gasteiger partial charge in [0.05, 0.1) is 17.8 Å². The summed E-state index contributed by atoms with van der Waals surface area (Å²) in [5.74, 6) is 0. The van der Waals surface area contributed by atoms with Crippen molar-refractivity contribution in [2.75, 3.05) is 0 Å². The van der Waals surface area contributed by atoms with Crippen LogP contribution in [0.15, 0.2) is 12.4 Å². The van der Waals surface area contributed by atoms with Gasteiger partial charge in [0, 0.05) is 13.2 Å². The molecule has 0 amide bonds. The Bertz CT molecular complexity index is 429. The van der Waals surface area contributed by atoms with Crippen molar-refractivity contribution >= 4 is 34.2 Å². The molecule has 2 aromatic heterocycles. The summed E-state index contributed by atoms with van der Waals surface area (Å²) < 4.78 is 2.54. The van der Waals surface area contributed by atoms with Crippen molar-refractivity contribution in [3.63, 3.8) is 0 Å². The summed E-state index contributed by atoms with van der Waals surface area (Å²) in [6.45, 7) is 0.594. The Morgan fingerprint density at radius 2 is 2.29 bits per heavy atom. The van der Waals surface area contributed by atoms with Crippen molar-refractivity contribution in [2.24, 2.45) is 7.05 Å². The van der Waals surface area contributed by atoms with Crippen molar-refractivity contribution in [1.82, 2.24) is 24.8 Å². The summed E-state index contributed by atoms with van der Waals surface area (Å²) in [5, 5.41) is 13.0. The maximum absolute atomic E-state index is 5.87. The van der Waals surface area contributed by atoms with Crippen LogP contribution in [-0.4, -0.2) is 24.8 Å². The Kier molecular flexibility index (Phi) is 2.73. The molecule has 5 nitrogen and oxygen atoms in total. The van der Waals surface area contributed by atoms with Gasteiger partial charge in [-0.1, -0.05) is 11.6 Å². The monoisotopic (exact) mass is 323 g/mol. The van der Waals surface area contributed by atoms with E-state index in [1.54, 1.807) is 24.1 Å². The Morgan fingerprint density at radius 3 is 2.79 bits per heavy atom. The maximum Gasteiger partial charge on any atom is 0.141 e. The Morgan fingerprint density at radius 1 is 1.50 bits per heavy atom. The summed E-state index contributed by atoms with van der Waals surface area (Å²) in [5.41, 5.74) is 0.864. The first-order valence-corrected chi connectivity index (χ1v) is 5.34. The highest BCUT2D eigenvalue weighted by molar-refractivity contribution is 14.1. The van der Waals surface area contributed by atoms with Gasteiger partial charge in [0.1, 0.15) is 9.39 Å². The van der Waals surface area contributed by atoms with Gasteiger partial charge in [-0.05, 0) is 22.6 Å². The highest BCUT2D eigenvalue weighted by Gasteiger charge is 2.05. The van der Waals surface area contributed by atoms with Crippen LogP contribution < -0.4 is 0 Å². The highest BCUT2D eigenvalue weighted by atomic mass is 127. The largest absolute Gasteiger partial charge is 0.264 e. The average Bonchev–Trinajstić information content (AvgIpc) is 2.62. The molecule has 0 saturated carbocycles.